The minimum Gasteiger partial charge on any atom is -0.481 e. The van der Waals surface area contributed by atoms with E-state index in [-0.39, 0.29) is 18.5 Å². The summed E-state index contributed by atoms with van der Waals surface area (Å²) in [7, 11) is 0. The van der Waals surface area contributed by atoms with Crippen LogP contribution in [0.5, 0.6) is 0 Å². The maximum atomic E-state index is 12.1. The Bertz CT molecular complexity index is 333. The van der Waals surface area contributed by atoms with E-state index < -0.39 is 18.0 Å². The molecule has 2 fully saturated rings. The molecule has 2 aliphatic heterocycles. The summed E-state index contributed by atoms with van der Waals surface area (Å²) in [6, 6.07) is -0.142. The lowest BCUT2D eigenvalue weighted by molar-refractivity contribution is -0.142. The van der Waals surface area contributed by atoms with Gasteiger partial charge in [0.05, 0.1) is 12.0 Å². The zero-order valence-electron chi connectivity index (χ0n) is 9.87. The Morgan fingerprint density at radius 3 is 2.35 bits per heavy atom. The van der Waals surface area contributed by atoms with Gasteiger partial charge < -0.3 is 20.0 Å². The molecule has 0 spiro atoms. The Morgan fingerprint density at radius 2 is 1.88 bits per heavy atom. The Morgan fingerprint density at radius 1 is 1.18 bits per heavy atom. The number of hydrogen-bond acceptors (Lipinski definition) is 3. The lowest BCUT2D eigenvalue weighted by Gasteiger charge is -2.23. The van der Waals surface area contributed by atoms with E-state index in [1.165, 1.54) is 0 Å². The summed E-state index contributed by atoms with van der Waals surface area (Å²) in [5.74, 6) is -1.32. The van der Waals surface area contributed by atoms with E-state index in [1.807, 2.05) is 6.92 Å². The van der Waals surface area contributed by atoms with Crippen molar-refractivity contribution in [3.63, 3.8) is 0 Å². The highest BCUT2D eigenvalue weighted by atomic mass is 16.4. The molecule has 0 aromatic rings. The van der Waals surface area contributed by atoms with Crippen LogP contribution in [0.1, 0.15) is 13.3 Å². The van der Waals surface area contributed by atoms with Gasteiger partial charge in [-0.05, 0) is 12.3 Å². The van der Waals surface area contributed by atoms with Crippen LogP contribution in [-0.2, 0) is 4.79 Å². The standard InChI is InChI=1S/C11H18N2O4/c1-7-4-13(6-9(7)10(15)16)11(17)12-3-2-8(14)5-12/h7-9,14H,2-6H2,1H3,(H,15,16)/t7-,8?,9-/m1/s1. The Balaban J connectivity index is 1.96. The van der Waals surface area contributed by atoms with Crippen LogP contribution >= 0.6 is 0 Å². The van der Waals surface area contributed by atoms with Gasteiger partial charge >= 0.3 is 12.0 Å². The molecule has 2 amide bonds. The van der Waals surface area contributed by atoms with E-state index in [0.29, 0.717) is 26.1 Å². The number of aliphatic hydroxyl groups is 1. The van der Waals surface area contributed by atoms with Crippen molar-refractivity contribution in [1.82, 2.24) is 9.80 Å². The van der Waals surface area contributed by atoms with Gasteiger partial charge in [0.15, 0.2) is 0 Å². The zero-order valence-corrected chi connectivity index (χ0v) is 9.87. The molecule has 0 bridgehead atoms. The third-order valence-corrected chi connectivity index (χ3v) is 3.63. The Kier molecular flexibility index (Phi) is 3.24. The first-order chi connectivity index (χ1) is 7.99. The number of urea groups is 1. The minimum atomic E-state index is -0.839. The number of aliphatic carboxylic acids is 1. The molecule has 96 valence electrons. The summed E-state index contributed by atoms with van der Waals surface area (Å²) in [6.45, 7) is 3.54. The molecule has 2 N–H and O–H groups in total. The largest absolute Gasteiger partial charge is 0.481 e. The second-order valence-corrected chi connectivity index (χ2v) is 5.00. The average Bonchev–Trinajstić information content (AvgIpc) is 2.83. The lowest BCUT2D eigenvalue weighted by atomic mass is 9.99. The van der Waals surface area contributed by atoms with Crippen molar-refractivity contribution >= 4 is 12.0 Å². The fourth-order valence-corrected chi connectivity index (χ4v) is 2.56. The van der Waals surface area contributed by atoms with Gasteiger partial charge in [0, 0.05) is 26.2 Å². The van der Waals surface area contributed by atoms with Crippen LogP contribution in [-0.4, -0.2) is 64.3 Å². The number of nitrogens with zero attached hydrogens (tertiary/aromatic N) is 2. The van der Waals surface area contributed by atoms with Crippen molar-refractivity contribution in [2.75, 3.05) is 26.2 Å². The van der Waals surface area contributed by atoms with Gasteiger partial charge in [-0.3, -0.25) is 4.79 Å². The summed E-state index contributed by atoms with van der Waals surface area (Å²) in [4.78, 5) is 26.2. The summed E-state index contributed by atoms with van der Waals surface area (Å²) in [5, 5.41) is 18.4. The number of β-amino-alcohol motifs (C(OH)–C–C–N with tert-alkyl or cyclic N) is 1. The fourth-order valence-electron chi connectivity index (χ4n) is 2.56. The van der Waals surface area contributed by atoms with Crippen molar-refractivity contribution in [3.8, 4) is 0 Å². The van der Waals surface area contributed by atoms with E-state index in [4.69, 9.17) is 5.11 Å². The van der Waals surface area contributed by atoms with Crippen LogP contribution in [0.4, 0.5) is 4.79 Å². The quantitative estimate of drug-likeness (QED) is 0.668. The molecule has 2 rings (SSSR count). The Hall–Kier alpha value is -1.30. The van der Waals surface area contributed by atoms with E-state index in [0.717, 1.165) is 0 Å². The average molecular weight is 242 g/mol. The molecule has 3 atom stereocenters. The monoisotopic (exact) mass is 242 g/mol. The summed E-state index contributed by atoms with van der Waals surface area (Å²) < 4.78 is 0. The molecule has 2 heterocycles. The number of likely N-dealkylation sites (tertiary alicyclic amines) is 2. The number of carboxylic acid groups (broad SMARTS) is 1. The fraction of sp³-hybridized carbons (Fsp3) is 0.818. The molecular weight excluding hydrogens is 224 g/mol. The predicted octanol–water partition coefficient (Wildman–Crippen LogP) is -0.175. The van der Waals surface area contributed by atoms with Gasteiger partial charge in [-0.1, -0.05) is 6.92 Å². The number of carboxylic acids is 1. The number of hydrogen-bond donors (Lipinski definition) is 2. The van der Waals surface area contributed by atoms with Crippen LogP contribution in [0.2, 0.25) is 0 Å². The maximum Gasteiger partial charge on any atom is 0.320 e. The third kappa shape index (κ3) is 2.36. The van der Waals surface area contributed by atoms with Crippen LogP contribution in [0.25, 0.3) is 0 Å². The molecule has 0 aliphatic carbocycles. The molecule has 17 heavy (non-hydrogen) atoms. The molecule has 6 nitrogen and oxygen atoms in total. The van der Waals surface area contributed by atoms with E-state index in [9.17, 15) is 14.7 Å². The number of rotatable bonds is 1. The number of aliphatic hydroxyl groups excluding tert-OH is 1. The number of carbonyl (C=O) groups is 2. The van der Waals surface area contributed by atoms with Gasteiger partial charge in [-0.25, -0.2) is 4.79 Å². The van der Waals surface area contributed by atoms with Gasteiger partial charge in [-0.2, -0.15) is 0 Å². The molecule has 0 aromatic carbocycles. The van der Waals surface area contributed by atoms with E-state index in [2.05, 4.69) is 0 Å². The topological polar surface area (TPSA) is 81.1 Å². The van der Waals surface area contributed by atoms with Gasteiger partial charge in [0.25, 0.3) is 0 Å². The summed E-state index contributed by atoms with van der Waals surface area (Å²) in [6.07, 6.45) is 0.173. The third-order valence-electron chi connectivity index (χ3n) is 3.63. The Labute approximate surface area is 99.8 Å². The lowest BCUT2D eigenvalue weighted by Crippen LogP contribution is -2.41. The molecule has 0 radical (unpaired) electrons. The van der Waals surface area contributed by atoms with Crippen molar-refractivity contribution in [2.24, 2.45) is 11.8 Å². The molecule has 0 aromatic heterocycles. The molecule has 2 saturated heterocycles. The van der Waals surface area contributed by atoms with Crippen molar-refractivity contribution in [3.05, 3.63) is 0 Å². The van der Waals surface area contributed by atoms with Gasteiger partial charge in [0.1, 0.15) is 0 Å². The first-order valence-corrected chi connectivity index (χ1v) is 5.93. The molecule has 2 aliphatic rings. The second-order valence-electron chi connectivity index (χ2n) is 5.00. The van der Waals surface area contributed by atoms with Crippen molar-refractivity contribution < 1.29 is 19.8 Å². The second kappa shape index (κ2) is 4.52. The van der Waals surface area contributed by atoms with Crippen LogP contribution in [0.15, 0.2) is 0 Å². The maximum absolute atomic E-state index is 12.1. The van der Waals surface area contributed by atoms with Crippen LogP contribution in [0, 0.1) is 11.8 Å². The first-order valence-electron chi connectivity index (χ1n) is 5.93. The van der Waals surface area contributed by atoms with Gasteiger partial charge in [-0.15, -0.1) is 0 Å². The minimum absolute atomic E-state index is 0.0102. The van der Waals surface area contributed by atoms with E-state index in [1.54, 1.807) is 9.80 Å². The predicted molar refractivity (Wildman–Crippen MR) is 59.5 cm³/mol. The van der Waals surface area contributed by atoms with Gasteiger partial charge in [0.2, 0.25) is 0 Å². The molecule has 0 saturated carbocycles. The highest BCUT2D eigenvalue weighted by Gasteiger charge is 2.39. The van der Waals surface area contributed by atoms with Crippen LogP contribution < -0.4 is 0 Å². The summed E-state index contributed by atoms with van der Waals surface area (Å²) in [5.41, 5.74) is 0. The van der Waals surface area contributed by atoms with E-state index >= 15 is 0 Å². The zero-order chi connectivity index (χ0) is 12.6. The summed E-state index contributed by atoms with van der Waals surface area (Å²) >= 11 is 0. The SMILES string of the molecule is C[C@@H]1CN(C(=O)N2CCC(O)C2)C[C@H]1C(=O)O. The normalized spacial score (nSPS) is 33.2. The number of carbonyl (C=O) groups excluding carboxylic acids is 1. The number of amides is 2. The highest BCUT2D eigenvalue weighted by Crippen LogP contribution is 2.25. The van der Waals surface area contributed by atoms with Crippen LogP contribution in [0.3, 0.4) is 0 Å². The first kappa shape index (κ1) is 12.2. The highest BCUT2D eigenvalue weighted by molar-refractivity contribution is 5.78. The van der Waals surface area contributed by atoms with Crippen molar-refractivity contribution in [1.29, 1.82) is 0 Å². The molecule has 1 unspecified atom stereocenters. The molecule has 6 heteroatoms. The van der Waals surface area contributed by atoms with Crippen molar-refractivity contribution in [2.45, 2.75) is 19.4 Å². The smallest absolute Gasteiger partial charge is 0.320 e. The molecular formula is C11H18N2O4.